The fourth-order valence-corrected chi connectivity index (χ4v) is 2.79. The monoisotopic (exact) mass is 298 g/mol. The summed E-state index contributed by atoms with van der Waals surface area (Å²) in [5, 5.41) is 3.40. The van der Waals surface area contributed by atoms with Crippen LogP contribution in [0.5, 0.6) is 0 Å². The zero-order valence-electron chi connectivity index (χ0n) is 9.66. The molecule has 0 heterocycles. The van der Waals surface area contributed by atoms with Crippen LogP contribution in [0.1, 0.15) is 5.56 Å². The van der Waals surface area contributed by atoms with Gasteiger partial charge in [0, 0.05) is 18.1 Å². The second-order valence-corrected chi connectivity index (χ2v) is 5.58. The molecular weight excluding hydrogens is 283 g/mol. The molecule has 0 fully saturated rings. The average Bonchev–Trinajstić information content (AvgIpc) is 2.17. The van der Waals surface area contributed by atoms with Gasteiger partial charge >= 0.3 is 0 Å². The Hall–Kier alpha value is -0.330. The Morgan fingerprint density at radius 1 is 1.29 bits per heavy atom. The van der Waals surface area contributed by atoms with Crippen LogP contribution < -0.4 is 10.0 Å². The van der Waals surface area contributed by atoms with Crippen molar-refractivity contribution < 1.29 is 8.42 Å². The van der Waals surface area contributed by atoms with Crippen molar-refractivity contribution in [3.05, 3.63) is 28.8 Å². The van der Waals surface area contributed by atoms with Crippen LogP contribution in [0, 0.1) is 6.92 Å². The second kappa shape index (κ2) is 7.18. The lowest BCUT2D eigenvalue weighted by molar-refractivity contribution is 0.579. The van der Waals surface area contributed by atoms with E-state index in [-0.39, 0.29) is 17.3 Å². The highest BCUT2D eigenvalue weighted by Crippen LogP contribution is 2.19. The molecule has 2 N–H and O–H groups in total. The van der Waals surface area contributed by atoms with Gasteiger partial charge in [-0.25, -0.2) is 13.1 Å². The van der Waals surface area contributed by atoms with Gasteiger partial charge in [0.1, 0.15) is 0 Å². The summed E-state index contributed by atoms with van der Waals surface area (Å²) in [6.45, 7) is 2.67. The molecule has 0 saturated heterocycles. The number of hydrogen-bond donors (Lipinski definition) is 2. The third-order valence-corrected chi connectivity index (χ3v) is 3.95. The molecule has 17 heavy (non-hydrogen) atoms. The zero-order chi connectivity index (χ0) is 12.2. The SMILES string of the molecule is CNCCNS(=O)(=O)c1ccc(Cl)cc1C.Cl. The van der Waals surface area contributed by atoms with E-state index in [1.807, 2.05) is 0 Å². The van der Waals surface area contributed by atoms with E-state index in [1.54, 1.807) is 26.1 Å². The maximum Gasteiger partial charge on any atom is 0.240 e. The Balaban J connectivity index is 0.00000256. The smallest absolute Gasteiger partial charge is 0.240 e. The third kappa shape index (κ3) is 4.81. The van der Waals surface area contributed by atoms with Gasteiger partial charge in [0.2, 0.25) is 10.0 Å². The number of halogens is 2. The molecule has 0 aromatic heterocycles. The molecule has 0 atom stereocenters. The summed E-state index contributed by atoms with van der Waals surface area (Å²) in [6.07, 6.45) is 0. The molecule has 98 valence electrons. The predicted molar refractivity (Wildman–Crippen MR) is 72.6 cm³/mol. The molecule has 0 aliphatic heterocycles. The Labute approximate surface area is 113 Å². The van der Waals surface area contributed by atoms with E-state index in [2.05, 4.69) is 10.0 Å². The van der Waals surface area contributed by atoms with Gasteiger partial charge in [-0.2, -0.15) is 0 Å². The van der Waals surface area contributed by atoms with E-state index >= 15 is 0 Å². The van der Waals surface area contributed by atoms with Gasteiger partial charge in [-0.1, -0.05) is 11.6 Å². The average molecular weight is 299 g/mol. The normalized spacial score (nSPS) is 11.0. The number of sulfonamides is 1. The van der Waals surface area contributed by atoms with Crippen LogP contribution >= 0.6 is 24.0 Å². The summed E-state index contributed by atoms with van der Waals surface area (Å²) in [5.74, 6) is 0. The Morgan fingerprint density at radius 2 is 1.94 bits per heavy atom. The van der Waals surface area contributed by atoms with Gasteiger partial charge in [0.05, 0.1) is 4.90 Å². The molecule has 0 aliphatic carbocycles. The van der Waals surface area contributed by atoms with Gasteiger partial charge in [-0.3, -0.25) is 0 Å². The van der Waals surface area contributed by atoms with E-state index < -0.39 is 10.0 Å². The van der Waals surface area contributed by atoms with Crippen molar-refractivity contribution in [1.29, 1.82) is 0 Å². The zero-order valence-corrected chi connectivity index (χ0v) is 12.0. The highest BCUT2D eigenvalue weighted by molar-refractivity contribution is 7.89. The van der Waals surface area contributed by atoms with Crippen LogP contribution in [0.4, 0.5) is 0 Å². The Morgan fingerprint density at radius 3 is 2.47 bits per heavy atom. The maximum atomic E-state index is 11.9. The van der Waals surface area contributed by atoms with Crippen molar-refractivity contribution in [2.24, 2.45) is 0 Å². The minimum atomic E-state index is -3.43. The van der Waals surface area contributed by atoms with E-state index in [0.29, 0.717) is 23.7 Å². The van der Waals surface area contributed by atoms with Crippen molar-refractivity contribution in [3.63, 3.8) is 0 Å². The van der Waals surface area contributed by atoms with Crippen molar-refractivity contribution >= 4 is 34.0 Å². The van der Waals surface area contributed by atoms with Crippen LogP contribution in [-0.2, 0) is 10.0 Å². The second-order valence-electron chi connectivity index (χ2n) is 3.41. The molecule has 1 aromatic carbocycles. The van der Waals surface area contributed by atoms with Crippen LogP contribution in [0.15, 0.2) is 23.1 Å². The molecular formula is C10H16Cl2N2O2S. The van der Waals surface area contributed by atoms with Gasteiger partial charge < -0.3 is 5.32 Å². The van der Waals surface area contributed by atoms with E-state index in [0.717, 1.165) is 0 Å². The summed E-state index contributed by atoms with van der Waals surface area (Å²) in [6, 6.07) is 4.72. The predicted octanol–water partition coefficient (Wildman–Crippen LogP) is 1.57. The quantitative estimate of drug-likeness (QED) is 0.811. The Kier molecular flexibility index (Phi) is 7.04. The van der Waals surface area contributed by atoms with Crippen LogP contribution in [-0.4, -0.2) is 28.6 Å². The molecule has 1 rings (SSSR count). The van der Waals surface area contributed by atoms with E-state index in [1.165, 1.54) is 6.07 Å². The third-order valence-electron chi connectivity index (χ3n) is 2.09. The van der Waals surface area contributed by atoms with Crippen molar-refractivity contribution in [2.45, 2.75) is 11.8 Å². The molecule has 0 unspecified atom stereocenters. The molecule has 0 aliphatic rings. The molecule has 7 heteroatoms. The first kappa shape index (κ1) is 16.7. The number of benzene rings is 1. The number of hydrogen-bond acceptors (Lipinski definition) is 3. The topological polar surface area (TPSA) is 58.2 Å². The first-order valence-corrected chi connectivity index (χ1v) is 6.74. The number of nitrogens with one attached hydrogen (secondary N) is 2. The van der Waals surface area contributed by atoms with Crippen LogP contribution in [0.25, 0.3) is 0 Å². The summed E-state index contributed by atoms with van der Waals surface area (Å²) in [5.41, 5.74) is 0.643. The fourth-order valence-electron chi connectivity index (χ4n) is 1.30. The van der Waals surface area contributed by atoms with Gasteiger partial charge in [0.25, 0.3) is 0 Å². The first-order valence-electron chi connectivity index (χ1n) is 4.88. The van der Waals surface area contributed by atoms with Gasteiger partial charge in [0.15, 0.2) is 0 Å². The number of aryl methyl sites for hydroxylation is 1. The Bertz CT molecular complexity index is 463. The van der Waals surface area contributed by atoms with Crippen molar-refractivity contribution in [1.82, 2.24) is 10.0 Å². The first-order chi connectivity index (χ1) is 7.47. The maximum absolute atomic E-state index is 11.9. The standard InChI is InChI=1S/C10H15ClN2O2S.ClH/c1-8-7-9(11)3-4-10(8)16(14,15)13-6-5-12-2;/h3-4,7,12-13H,5-6H2,1-2H3;1H. The molecule has 0 bridgehead atoms. The molecule has 1 aromatic rings. The van der Waals surface area contributed by atoms with E-state index in [4.69, 9.17) is 11.6 Å². The van der Waals surface area contributed by atoms with Crippen molar-refractivity contribution in [2.75, 3.05) is 20.1 Å². The largest absolute Gasteiger partial charge is 0.318 e. The highest BCUT2D eigenvalue weighted by atomic mass is 35.5. The van der Waals surface area contributed by atoms with Gasteiger partial charge in [-0.05, 0) is 37.7 Å². The lowest BCUT2D eigenvalue weighted by Gasteiger charge is -2.09. The van der Waals surface area contributed by atoms with Crippen LogP contribution in [0.3, 0.4) is 0 Å². The molecule has 0 spiro atoms. The minimum absolute atomic E-state index is 0. The summed E-state index contributed by atoms with van der Waals surface area (Å²) >= 11 is 5.77. The summed E-state index contributed by atoms with van der Waals surface area (Å²) < 4.78 is 26.2. The van der Waals surface area contributed by atoms with Crippen LogP contribution in [0.2, 0.25) is 5.02 Å². The lowest BCUT2D eigenvalue weighted by atomic mass is 10.2. The highest BCUT2D eigenvalue weighted by Gasteiger charge is 2.15. The molecule has 4 nitrogen and oxygen atoms in total. The van der Waals surface area contributed by atoms with E-state index in [9.17, 15) is 8.42 Å². The number of likely N-dealkylation sites (N-methyl/N-ethyl adjacent to an activating group) is 1. The molecule has 0 radical (unpaired) electrons. The van der Waals surface area contributed by atoms with Gasteiger partial charge in [-0.15, -0.1) is 12.4 Å². The minimum Gasteiger partial charge on any atom is -0.318 e. The summed E-state index contributed by atoms with van der Waals surface area (Å²) in [4.78, 5) is 0.271. The fraction of sp³-hybridized carbons (Fsp3) is 0.400. The molecule has 0 amide bonds. The molecule has 0 saturated carbocycles. The van der Waals surface area contributed by atoms with Crippen molar-refractivity contribution in [3.8, 4) is 0 Å². The summed E-state index contributed by atoms with van der Waals surface area (Å²) in [7, 11) is -1.66. The lowest BCUT2D eigenvalue weighted by Crippen LogP contribution is -2.30. The number of rotatable bonds is 5.